The Balaban J connectivity index is 1.69. The van der Waals surface area contributed by atoms with E-state index in [9.17, 15) is 9.59 Å². The third kappa shape index (κ3) is 4.72. The van der Waals surface area contributed by atoms with E-state index >= 15 is 0 Å². The van der Waals surface area contributed by atoms with Gasteiger partial charge in [0.2, 0.25) is 5.91 Å². The van der Waals surface area contributed by atoms with Gasteiger partial charge >= 0.3 is 0 Å². The van der Waals surface area contributed by atoms with Crippen molar-refractivity contribution in [3.8, 4) is 0 Å². The fourth-order valence-corrected chi connectivity index (χ4v) is 3.06. The SMILES string of the molecule is CC(=O)N/C(=C/c1ccccc1)C(=O)N1CC[C@H](Nc2ccccc2)C1. The molecule has 0 bridgehead atoms. The van der Waals surface area contributed by atoms with Crippen LogP contribution in [0.15, 0.2) is 66.4 Å². The topological polar surface area (TPSA) is 61.4 Å². The van der Waals surface area contributed by atoms with Gasteiger partial charge in [-0.2, -0.15) is 0 Å². The third-order valence-corrected chi connectivity index (χ3v) is 4.27. The highest BCUT2D eigenvalue weighted by Gasteiger charge is 2.28. The molecular formula is C21H23N3O2. The van der Waals surface area contributed by atoms with Crippen LogP contribution in [0.25, 0.3) is 6.08 Å². The van der Waals surface area contributed by atoms with Crippen molar-refractivity contribution in [3.63, 3.8) is 0 Å². The molecule has 5 heteroatoms. The van der Waals surface area contributed by atoms with E-state index in [1.807, 2.05) is 60.7 Å². The molecule has 0 saturated carbocycles. The zero-order valence-electron chi connectivity index (χ0n) is 14.8. The molecule has 0 aliphatic carbocycles. The van der Waals surface area contributed by atoms with Crippen molar-refractivity contribution in [2.75, 3.05) is 18.4 Å². The zero-order chi connectivity index (χ0) is 18.4. The molecule has 5 nitrogen and oxygen atoms in total. The van der Waals surface area contributed by atoms with Crippen molar-refractivity contribution in [2.24, 2.45) is 0 Å². The molecule has 134 valence electrons. The van der Waals surface area contributed by atoms with Gasteiger partial charge in [0.1, 0.15) is 5.70 Å². The van der Waals surface area contributed by atoms with Gasteiger partial charge < -0.3 is 15.5 Å². The quantitative estimate of drug-likeness (QED) is 0.816. The van der Waals surface area contributed by atoms with Gasteiger partial charge in [-0.3, -0.25) is 9.59 Å². The lowest BCUT2D eigenvalue weighted by Gasteiger charge is -2.19. The maximum Gasteiger partial charge on any atom is 0.270 e. The predicted molar refractivity (Wildman–Crippen MR) is 103 cm³/mol. The summed E-state index contributed by atoms with van der Waals surface area (Å²) in [5.74, 6) is -0.403. The van der Waals surface area contributed by atoms with Crippen LogP contribution in [0.3, 0.4) is 0 Å². The highest BCUT2D eigenvalue weighted by molar-refractivity contribution is 6.01. The van der Waals surface area contributed by atoms with Crippen molar-refractivity contribution >= 4 is 23.6 Å². The minimum absolute atomic E-state index is 0.151. The summed E-state index contributed by atoms with van der Waals surface area (Å²) < 4.78 is 0. The summed E-state index contributed by atoms with van der Waals surface area (Å²) in [6, 6.07) is 19.7. The second-order valence-electron chi connectivity index (χ2n) is 6.40. The molecule has 2 aromatic rings. The molecule has 1 aliphatic heterocycles. The van der Waals surface area contributed by atoms with Gasteiger partial charge in [-0.15, -0.1) is 0 Å². The van der Waals surface area contributed by atoms with Crippen LogP contribution in [0, 0.1) is 0 Å². The van der Waals surface area contributed by atoms with Crippen LogP contribution in [0.5, 0.6) is 0 Å². The smallest absolute Gasteiger partial charge is 0.270 e. The highest BCUT2D eigenvalue weighted by atomic mass is 16.2. The normalized spacial score (nSPS) is 17.0. The lowest BCUT2D eigenvalue weighted by atomic mass is 10.2. The second-order valence-corrected chi connectivity index (χ2v) is 6.40. The summed E-state index contributed by atoms with van der Waals surface area (Å²) >= 11 is 0. The van der Waals surface area contributed by atoms with E-state index in [-0.39, 0.29) is 17.9 Å². The fraction of sp³-hybridized carbons (Fsp3) is 0.238. The Morgan fingerprint density at radius 1 is 1.04 bits per heavy atom. The zero-order valence-corrected chi connectivity index (χ0v) is 14.8. The summed E-state index contributed by atoms with van der Waals surface area (Å²) in [5.41, 5.74) is 2.24. The second kappa shape index (κ2) is 8.34. The first kappa shape index (κ1) is 17.7. The fourth-order valence-electron chi connectivity index (χ4n) is 3.06. The lowest BCUT2D eigenvalue weighted by molar-refractivity contribution is -0.128. The Morgan fingerprint density at radius 2 is 1.69 bits per heavy atom. The number of likely N-dealkylation sites (tertiary alicyclic amines) is 1. The van der Waals surface area contributed by atoms with Crippen LogP contribution in [-0.4, -0.2) is 35.8 Å². The van der Waals surface area contributed by atoms with Crippen LogP contribution in [0.1, 0.15) is 18.9 Å². The number of benzene rings is 2. The molecule has 0 spiro atoms. The molecule has 1 fully saturated rings. The Labute approximate surface area is 153 Å². The number of amides is 2. The minimum Gasteiger partial charge on any atom is -0.380 e. The van der Waals surface area contributed by atoms with E-state index in [0.717, 1.165) is 17.7 Å². The van der Waals surface area contributed by atoms with Crippen LogP contribution in [-0.2, 0) is 9.59 Å². The van der Waals surface area contributed by atoms with Gasteiger partial charge in [-0.05, 0) is 30.2 Å². The first-order valence-corrected chi connectivity index (χ1v) is 8.77. The number of carbonyl (C=O) groups is 2. The van der Waals surface area contributed by atoms with Crippen molar-refractivity contribution in [2.45, 2.75) is 19.4 Å². The molecule has 0 radical (unpaired) electrons. The van der Waals surface area contributed by atoms with E-state index < -0.39 is 0 Å². The molecule has 26 heavy (non-hydrogen) atoms. The highest BCUT2D eigenvalue weighted by Crippen LogP contribution is 2.18. The lowest BCUT2D eigenvalue weighted by Crippen LogP contribution is -2.37. The third-order valence-electron chi connectivity index (χ3n) is 4.27. The van der Waals surface area contributed by atoms with Gasteiger partial charge in [-0.25, -0.2) is 0 Å². The number of carbonyl (C=O) groups excluding carboxylic acids is 2. The summed E-state index contributed by atoms with van der Waals surface area (Å²) in [5, 5.41) is 6.13. The number of para-hydroxylation sites is 1. The van der Waals surface area contributed by atoms with E-state index in [0.29, 0.717) is 18.8 Å². The molecule has 1 aliphatic rings. The van der Waals surface area contributed by atoms with E-state index in [1.165, 1.54) is 6.92 Å². The van der Waals surface area contributed by atoms with Gasteiger partial charge in [0.25, 0.3) is 5.91 Å². The van der Waals surface area contributed by atoms with Crippen molar-refractivity contribution in [1.82, 2.24) is 10.2 Å². The number of rotatable bonds is 5. The number of nitrogens with one attached hydrogen (secondary N) is 2. The van der Waals surface area contributed by atoms with Crippen molar-refractivity contribution in [3.05, 3.63) is 71.9 Å². The Kier molecular flexibility index (Phi) is 5.69. The monoisotopic (exact) mass is 349 g/mol. The Morgan fingerprint density at radius 3 is 2.35 bits per heavy atom. The average Bonchev–Trinajstić information content (AvgIpc) is 3.10. The van der Waals surface area contributed by atoms with Crippen molar-refractivity contribution < 1.29 is 9.59 Å². The molecule has 1 saturated heterocycles. The molecular weight excluding hydrogens is 326 g/mol. The summed E-state index contributed by atoms with van der Waals surface area (Å²) in [6.45, 7) is 2.68. The van der Waals surface area contributed by atoms with E-state index in [1.54, 1.807) is 11.0 Å². The van der Waals surface area contributed by atoms with Crippen LogP contribution >= 0.6 is 0 Å². The molecule has 2 aromatic carbocycles. The Bertz CT molecular complexity index is 787. The first-order chi connectivity index (χ1) is 12.6. The maximum absolute atomic E-state index is 12.9. The van der Waals surface area contributed by atoms with Gasteiger partial charge in [-0.1, -0.05) is 48.5 Å². The van der Waals surface area contributed by atoms with Gasteiger partial charge in [0.15, 0.2) is 0 Å². The number of hydrogen-bond acceptors (Lipinski definition) is 3. The molecule has 2 N–H and O–H groups in total. The molecule has 1 heterocycles. The number of hydrogen-bond donors (Lipinski definition) is 2. The summed E-state index contributed by atoms with van der Waals surface area (Å²) in [6.07, 6.45) is 2.60. The summed E-state index contributed by atoms with van der Waals surface area (Å²) in [4.78, 5) is 26.2. The molecule has 3 rings (SSSR count). The predicted octanol–water partition coefficient (Wildman–Crippen LogP) is 2.88. The molecule has 2 amide bonds. The maximum atomic E-state index is 12.9. The van der Waals surface area contributed by atoms with Gasteiger partial charge in [0.05, 0.1) is 0 Å². The number of anilines is 1. The van der Waals surface area contributed by atoms with Gasteiger partial charge in [0, 0.05) is 31.7 Å². The summed E-state index contributed by atoms with van der Waals surface area (Å²) in [7, 11) is 0. The first-order valence-electron chi connectivity index (χ1n) is 8.77. The minimum atomic E-state index is -0.251. The van der Waals surface area contributed by atoms with Crippen LogP contribution in [0.2, 0.25) is 0 Å². The molecule has 0 aromatic heterocycles. The van der Waals surface area contributed by atoms with E-state index in [2.05, 4.69) is 10.6 Å². The molecule has 1 atom stereocenters. The van der Waals surface area contributed by atoms with Crippen LogP contribution < -0.4 is 10.6 Å². The number of nitrogens with zero attached hydrogens (tertiary/aromatic N) is 1. The Hall–Kier alpha value is -3.08. The average molecular weight is 349 g/mol. The standard InChI is InChI=1S/C21H23N3O2/c1-16(25)22-20(14-17-8-4-2-5-9-17)21(26)24-13-12-19(15-24)23-18-10-6-3-7-11-18/h2-11,14,19,23H,12-13,15H2,1H3,(H,22,25)/b20-14+/t19-/m0/s1. The van der Waals surface area contributed by atoms with E-state index in [4.69, 9.17) is 0 Å². The largest absolute Gasteiger partial charge is 0.380 e. The molecule has 0 unspecified atom stereocenters. The van der Waals surface area contributed by atoms with Crippen molar-refractivity contribution in [1.29, 1.82) is 0 Å². The van der Waals surface area contributed by atoms with Crippen LogP contribution in [0.4, 0.5) is 5.69 Å².